The summed E-state index contributed by atoms with van der Waals surface area (Å²) in [5.74, 6) is 0.284. The highest BCUT2D eigenvalue weighted by molar-refractivity contribution is 5.92. The Balaban J connectivity index is 1.58. The predicted molar refractivity (Wildman–Crippen MR) is 86.9 cm³/mol. The molecule has 1 atom stereocenters. The van der Waals surface area contributed by atoms with Gasteiger partial charge in [-0.15, -0.1) is 10.2 Å². The SMILES string of the molecule is COc1ccc(C(=O)N2CCO[C@]3(CCc4ccccc43)C2)nn1. The Kier molecular flexibility index (Phi) is 3.69. The lowest BCUT2D eigenvalue weighted by Gasteiger charge is -2.41. The topological polar surface area (TPSA) is 64.5 Å². The molecule has 1 amide bonds. The van der Waals surface area contributed by atoms with Crippen LogP contribution in [0.4, 0.5) is 0 Å². The monoisotopic (exact) mass is 325 g/mol. The second kappa shape index (κ2) is 5.87. The maximum Gasteiger partial charge on any atom is 0.274 e. The molecular weight excluding hydrogens is 306 g/mol. The highest BCUT2D eigenvalue weighted by Crippen LogP contribution is 2.42. The number of methoxy groups -OCH3 is 1. The number of amides is 1. The zero-order chi connectivity index (χ0) is 16.6. The Morgan fingerprint density at radius 1 is 1.25 bits per heavy atom. The average molecular weight is 325 g/mol. The van der Waals surface area contributed by atoms with E-state index in [1.807, 2.05) is 11.0 Å². The summed E-state index contributed by atoms with van der Waals surface area (Å²) in [5.41, 5.74) is 2.48. The lowest BCUT2D eigenvalue weighted by Crippen LogP contribution is -2.51. The number of carbonyl (C=O) groups excluding carboxylic acids is 1. The summed E-state index contributed by atoms with van der Waals surface area (Å²) in [6.45, 7) is 1.65. The molecule has 4 rings (SSSR count). The van der Waals surface area contributed by atoms with Gasteiger partial charge in [-0.1, -0.05) is 24.3 Å². The van der Waals surface area contributed by atoms with Crippen LogP contribution in [0.5, 0.6) is 5.88 Å². The molecule has 6 nitrogen and oxygen atoms in total. The van der Waals surface area contributed by atoms with Crippen molar-refractivity contribution in [1.82, 2.24) is 15.1 Å². The first kappa shape index (κ1) is 15.1. The molecule has 0 bridgehead atoms. The molecule has 1 saturated heterocycles. The molecule has 1 aromatic carbocycles. The predicted octanol–water partition coefficient (Wildman–Crippen LogP) is 1.80. The minimum absolute atomic E-state index is 0.114. The van der Waals surface area contributed by atoms with Gasteiger partial charge in [0.1, 0.15) is 5.60 Å². The highest BCUT2D eigenvalue weighted by atomic mass is 16.5. The van der Waals surface area contributed by atoms with Crippen molar-refractivity contribution in [3.05, 3.63) is 53.2 Å². The Hall–Kier alpha value is -2.47. The number of fused-ring (bicyclic) bond motifs is 2. The maximum atomic E-state index is 12.8. The third-order valence-electron chi connectivity index (χ3n) is 4.85. The number of carbonyl (C=O) groups is 1. The Bertz CT molecular complexity index is 758. The molecule has 0 unspecified atom stereocenters. The van der Waals surface area contributed by atoms with Gasteiger partial charge in [-0.05, 0) is 30.0 Å². The van der Waals surface area contributed by atoms with Crippen molar-refractivity contribution in [2.24, 2.45) is 0 Å². The van der Waals surface area contributed by atoms with E-state index in [0.717, 1.165) is 12.8 Å². The van der Waals surface area contributed by atoms with Crippen LogP contribution in [0.1, 0.15) is 28.0 Å². The fourth-order valence-electron chi connectivity index (χ4n) is 3.63. The molecule has 6 heteroatoms. The molecule has 0 N–H and O–H groups in total. The van der Waals surface area contributed by atoms with Crippen LogP contribution in [-0.2, 0) is 16.8 Å². The van der Waals surface area contributed by atoms with Crippen molar-refractivity contribution in [2.45, 2.75) is 18.4 Å². The summed E-state index contributed by atoms with van der Waals surface area (Å²) < 4.78 is 11.1. The third-order valence-corrected chi connectivity index (χ3v) is 4.85. The smallest absolute Gasteiger partial charge is 0.274 e. The zero-order valence-electron chi connectivity index (χ0n) is 13.6. The van der Waals surface area contributed by atoms with Gasteiger partial charge in [-0.2, -0.15) is 0 Å². The molecule has 1 spiro atoms. The standard InChI is InChI=1S/C18H19N3O3/c1-23-16-7-6-15(19-20-16)17(22)21-10-11-24-18(12-21)9-8-13-4-2-3-5-14(13)18/h2-7H,8-12H2,1H3/t18-/m1/s1. The van der Waals surface area contributed by atoms with Gasteiger partial charge in [-0.3, -0.25) is 4.79 Å². The summed E-state index contributed by atoms with van der Waals surface area (Å²) in [5, 5.41) is 7.86. The zero-order valence-corrected chi connectivity index (χ0v) is 13.6. The second-order valence-electron chi connectivity index (χ2n) is 6.19. The summed E-state index contributed by atoms with van der Waals surface area (Å²) in [7, 11) is 1.52. The molecule has 1 fully saturated rings. The maximum absolute atomic E-state index is 12.8. The minimum Gasteiger partial charge on any atom is -0.480 e. The van der Waals surface area contributed by atoms with Crippen molar-refractivity contribution >= 4 is 5.91 Å². The van der Waals surface area contributed by atoms with Gasteiger partial charge in [-0.25, -0.2) is 0 Å². The van der Waals surface area contributed by atoms with Gasteiger partial charge in [0.05, 0.1) is 20.3 Å². The summed E-state index contributed by atoms with van der Waals surface area (Å²) in [4.78, 5) is 14.6. The van der Waals surface area contributed by atoms with E-state index in [0.29, 0.717) is 31.3 Å². The van der Waals surface area contributed by atoms with E-state index in [-0.39, 0.29) is 11.5 Å². The van der Waals surface area contributed by atoms with Crippen LogP contribution in [0.2, 0.25) is 0 Å². The molecule has 0 saturated carbocycles. The fourth-order valence-corrected chi connectivity index (χ4v) is 3.63. The third kappa shape index (κ3) is 2.43. The van der Waals surface area contributed by atoms with Gasteiger partial charge in [0.25, 0.3) is 5.91 Å². The molecule has 2 heterocycles. The molecule has 1 aliphatic carbocycles. The molecule has 124 valence electrons. The van der Waals surface area contributed by atoms with E-state index >= 15 is 0 Å². The van der Waals surface area contributed by atoms with Crippen molar-refractivity contribution < 1.29 is 14.3 Å². The first-order chi connectivity index (χ1) is 11.7. The van der Waals surface area contributed by atoms with Gasteiger partial charge in [0, 0.05) is 12.6 Å². The van der Waals surface area contributed by atoms with E-state index in [1.54, 1.807) is 12.1 Å². The largest absolute Gasteiger partial charge is 0.480 e. The number of nitrogens with zero attached hydrogens (tertiary/aromatic N) is 3. The van der Waals surface area contributed by atoms with Crippen molar-refractivity contribution in [3.63, 3.8) is 0 Å². The van der Waals surface area contributed by atoms with E-state index in [4.69, 9.17) is 9.47 Å². The van der Waals surface area contributed by atoms with Gasteiger partial charge in [0.2, 0.25) is 5.88 Å². The molecule has 2 aromatic rings. The number of hydrogen-bond donors (Lipinski definition) is 0. The highest BCUT2D eigenvalue weighted by Gasteiger charge is 2.44. The number of hydrogen-bond acceptors (Lipinski definition) is 5. The van der Waals surface area contributed by atoms with Crippen LogP contribution in [0.15, 0.2) is 36.4 Å². The quantitative estimate of drug-likeness (QED) is 0.842. The fraction of sp³-hybridized carbons (Fsp3) is 0.389. The number of aryl methyl sites for hydroxylation is 1. The Morgan fingerprint density at radius 3 is 2.92 bits per heavy atom. The molecule has 24 heavy (non-hydrogen) atoms. The average Bonchev–Trinajstić information content (AvgIpc) is 2.99. The van der Waals surface area contributed by atoms with Gasteiger partial charge < -0.3 is 14.4 Å². The molecule has 1 aromatic heterocycles. The van der Waals surface area contributed by atoms with Crippen LogP contribution in [0.25, 0.3) is 0 Å². The summed E-state index contributed by atoms with van der Waals surface area (Å²) in [6.07, 6.45) is 1.89. The van der Waals surface area contributed by atoms with Gasteiger partial charge >= 0.3 is 0 Å². The number of rotatable bonds is 2. The first-order valence-electron chi connectivity index (χ1n) is 8.11. The minimum atomic E-state index is -0.385. The van der Waals surface area contributed by atoms with Crippen LogP contribution < -0.4 is 4.74 Å². The van der Waals surface area contributed by atoms with Crippen LogP contribution >= 0.6 is 0 Å². The van der Waals surface area contributed by atoms with Gasteiger partial charge in [0.15, 0.2) is 5.69 Å². The lowest BCUT2D eigenvalue weighted by atomic mass is 9.93. The van der Waals surface area contributed by atoms with Crippen molar-refractivity contribution in [3.8, 4) is 5.88 Å². The lowest BCUT2D eigenvalue weighted by molar-refractivity contribution is -0.104. The Labute approximate surface area is 140 Å². The van der Waals surface area contributed by atoms with E-state index < -0.39 is 0 Å². The summed E-state index contributed by atoms with van der Waals surface area (Å²) >= 11 is 0. The van der Waals surface area contributed by atoms with E-state index in [2.05, 4.69) is 28.4 Å². The normalized spacial score (nSPS) is 22.5. The van der Waals surface area contributed by atoms with E-state index in [1.165, 1.54) is 18.2 Å². The number of morpholine rings is 1. The van der Waals surface area contributed by atoms with Crippen LogP contribution in [-0.4, -0.2) is 47.8 Å². The molecular formula is C18H19N3O3. The van der Waals surface area contributed by atoms with Crippen molar-refractivity contribution in [2.75, 3.05) is 26.8 Å². The number of ether oxygens (including phenoxy) is 2. The number of benzene rings is 1. The summed E-state index contributed by atoms with van der Waals surface area (Å²) in [6, 6.07) is 11.6. The van der Waals surface area contributed by atoms with Crippen LogP contribution in [0, 0.1) is 0 Å². The van der Waals surface area contributed by atoms with E-state index in [9.17, 15) is 4.79 Å². The van der Waals surface area contributed by atoms with Crippen LogP contribution in [0.3, 0.4) is 0 Å². The van der Waals surface area contributed by atoms with Crippen molar-refractivity contribution in [1.29, 1.82) is 0 Å². The molecule has 0 radical (unpaired) electrons. The second-order valence-corrected chi connectivity index (χ2v) is 6.19. The first-order valence-corrected chi connectivity index (χ1v) is 8.11. The number of aromatic nitrogens is 2. The molecule has 1 aliphatic heterocycles. The Morgan fingerprint density at radius 2 is 2.12 bits per heavy atom. The molecule has 2 aliphatic rings.